The lowest BCUT2D eigenvalue weighted by Crippen LogP contribution is -2.12. The third-order valence-corrected chi connectivity index (χ3v) is 4.38. The van der Waals surface area contributed by atoms with Gasteiger partial charge in [0.1, 0.15) is 0 Å². The molecule has 2 aromatic rings. The van der Waals surface area contributed by atoms with Gasteiger partial charge in [-0.05, 0) is 55.3 Å². The summed E-state index contributed by atoms with van der Waals surface area (Å²) in [5, 5.41) is 5.05. The standard InChI is InChI=1S/C17H22N2OS/c1-13-9-10-14(18)12-16(13)19-17(20)8-4-2-3-6-15-7-5-11-21-15/h5,7,9-12H,2-4,6,8,18H2,1H3,(H,19,20). The van der Waals surface area contributed by atoms with Crippen LogP contribution in [0.2, 0.25) is 0 Å². The molecule has 4 heteroatoms. The van der Waals surface area contributed by atoms with Crippen LogP contribution in [0.5, 0.6) is 0 Å². The first-order valence-corrected chi connectivity index (χ1v) is 8.21. The normalized spacial score (nSPS) is 10.5. The van der Waals surface area contributed by atoms with Crippen LogP contribution >= 0.6 is 11.3 Å². The average molecular weight is 302 g/mol. The fourth-order valence-electron chi connectivity index (χ4n) is 2.20. The molecule has 3 nitrogen and oxygen atoms in total. The zero-order valence-corrected chi connectivity index (χ0v) is 13.2. The van der Waals surface area contributed by atoms with Crippen molar-refractivity contribution in [2.24, 2.45) is 0 Å². The first kappa shape index (κ1) is 15.6. The molecule has 112 valence electrons. The van der Waals surface area contributed by atoms with Crippen molar-refractivity contribution in [3.05, 3.63) is 46.2 Å². The predicted molar refractivity (Wildman–Crippen MR) is 90.7 cm³/mol. The lowest BCUT2D eigenvalue weighted by atomic mass is 10.1. The van der Waals surface area contributed by atoms with Crippen LogP contribution in [0.15, 0.2) is 35.7 Å². The van der Waals surface area contributed by atoms with Crippen LogP contribution in [0.4, 0.5) is 11.4 Å². The molecule has 0 fully saturated rings. The van der Waals surface area contributed by atoms with Crippen molar-refractivity contribution in [1.29, 1.82) is 0 Å². The molecule has 3 N–H and O–H groups in total. The van der Waals surface area contributed by atoms with E-state index in [2.05, 4.69) is 22.8 Å². The third-order valence-electron chi connectivity index (χ3n) is 3.44. The molecule has 1 aromatic carbocycles. The van der Waals surface area contributed by atoms with Gasteiger partial charge in [-0.15, -0.1) is 11.3 Å². The van der Waals surface area contributed by atoms with E-state index in [9.17, 15) is 4.79 Å². The monoisotopic (exact) mass is 302 g/mol. The molecule has 0 radical (unpaired) electrons. The molecule has 1 aromatic heterocycles. The number of carbonyl (C=O) groups is 1. The molecule has 0 saturated carbocycles. The van der Waals surface area contributed by atoms with Crippen LogP contribution in [-0.4, -0.2) is 5.91 Å². The minimum atomic E-state index is 0.0693. The molecule has 0 spiro atoms. The molecule has 1 amide bonds. The van der Waals surface area contributed by atoms with Crippen molar-refractivity contribution in [1.82, 2.24) is 0 Å². The maximum Gasteiger partial charge on any atom is 0.224 e. The van der Waals surface area contributed by atoms with E-state index >= 15 is 0 Å². The number of nitrogens with two attached hydrogens (primary N) is 1. The van der Waals surface area contributed by atoms with Gasteiger partial charge in [0, 0.05) is 22.7 Å². The van der Waals surface area contributed by atoms with Crippen LogP contribution < -0.4 is 11.1 Å². The lowest BCUT2D eigenvalue weighted by molar-refractivity contribution is -0.116. The summed E-state index contributed by atoms with van der Waals surface area (Å²) in [6.45, 7) is 1.97. The first-order valence-electron chi connectivity index (χ1n) is 7.33. The van der Waals surface area contributed by atoms with E-state index in [1.165, 1.54) is 4.88 Å². The van der Waals surface area contributed by atoms with Crippen molar-refractivity contribution in [2.75, 3.05) is 11.1 Å². The number of anilines is 2. The summed E-state index contributed by atoms with van der Waals surface area (Å²) in [6.07, 6.45) is 4.84. The number of amides is 1. The number of hydrogen-bond donors (Lipinski definition) is 2. The number of nitrogens with one attached hydrogen (secondary N) is 1. The smallest absolute Gasteiger partial charge is 0.224 e. The minimum absolute atomic E-state index is 0.0693. The van der Waals surface area contributed by atoms with Gasteiger partial charge < -0.3 is 11.1 Å². The molecule has 0 aliphatic heterocycles. The highest BCUT2D eigenvalue weighted by molar-refractivity contribution is 7.09. The molecule has 0 atom stereocenters. The molecule has 0 saturated heterocycles. The molecule has 1 heterocycles. The SMILES string of the molecule is Cc1ccc(N)cc1NC(=O)CCCCCc1cccs1. The summed E-state index contributed by atoms with van der Waals surface area (Å²) in [5.74, 6) is 0.0693. The van der Waals surface area contributed by atoms with Gasteiger partial charge in [0.05, 0.1) is 0 Å². The van der Waals surface area contributed by atoms with Gasteiger partial charge in [-0.3, -0.25) is 4.79 Å². The predicted octanol–water partition coefficient (Wildman–Crippen LogP) is 4.38. The Hall–Kier alpha value is -1.81. The maximum atomic E-state index is 11.9. The summed E-state index contributed by atoms with van der Waals surface area (Å²) >= 11 is 1.80. The van der Waals surface area contributed by atoms with Crippen LogP contribution in [0.25, 0.3) is 0 Å². The number of nitrogen functional groups attached to an aromatic ring is 1. The van der Waals surface area contributed by atoms with E-state index in [-0.39, 0.29) is 5.91 Å². The lowest BCUT2D eigenvalue weighted by Gasteiger charge is -2.09. The van der Waals surface area contributed by atoms with Crippen molar-refractivity contribution >= 4 is 28.6 Å². The number of thiophene rings is 1. The molecule has 0 bridgehead atoms. The number of hydrogen-bond acceptors (Lipinski definition) is 3. The Bertz CT molecular complexity index is 578. The molecule has 21 heavy (non-hydrogen) atoms. The second-order valence-electron chi connectivity index (χ2n) is 5.26. The second kappa shape index (κ2) is 7.84. The molecule has 2 rings (SSSR count). The highest BCUT2D eigenvalue weighted by Gasteiger charge is 2.05. The van der Waals surface area contributed by atoms with Crippen molar-refractivity contribution in [3.63, 3.8) is 0 Å². The molecular weight excluding hydrogens is 280 g/mol. The Morgan fingerprint density at radius 3 is 2.86 bits per heavy atom. The van der Waals surface area contributed by atoms with Gasteiger partial charge >= 0.3 is 0 Å². The Morgan fingerprint density at radius 2 is 2.10 bits per heavy atom. The quantitative estimate of drug-likeness (QED) is 0.589. The zero-order valence-electron chi connectivity index (χ0n) is 12.4. The largest absolute Gasteiger partial charge is 0.399 e. The zero-order chi connectivity index (χ0) is 15.1. The van der Waals surface area contributed by atoms with Gasteiger partial charge in [0.25, 0.3) is 0 Å². The summed E-state index contributed by atoms with van der Waals surface area (Å²) < 4.78 is 0. The van der Waals surface area contributed by atoms with Crippen molar-refractivity contribution in [2.45, 2.75) is 39.0 Å². The number of unbranched alkanes of at least 4 members (excludes halogenated alkanes) is 2. The minimum Gasteiger partial charge on any atom is -0.399 e. The molecule has 0 aliphatic rings. The molecule has 0 unspecified atom stereocenters. The van der Waals surface area contributed by atoms with Gasteiger partial charge in [0.2, 0.25) is 5.91 Å². The molecular formula is C17H22N2OS. The summed E-state index contributed by atoms with van der Waals surface area (Å²) in [7, 11) is 0. The van der Waals surface area contributed by atoms with Gasteiger partial charge in [-0.25, -0.2) is 0 Å². The second-order valence-corrected chi connectivity index (χ2v) is 6.29. The van der Waals surface area contributed by atoms with E-state index in [0.29, 0.717) is 12.1 Å². The number of rotatable bonds is 7. The Labute approximate surface area is 130 Å². The van der Waals surface area contributed by atoms with E-state index in [1.54, 1.807) is 11.3 Å². The van der Waals surface area contributed by atoms with Crippen LogP contribution in [0.3, 0.4) is 0 Å². The van der Waals surface area contributed by atoms with E-state index in [4.69, 9.17) is 5.73 Å². The van der Waals surface area contributed by atoms with Crippen LogP contribution in [0.1, 0.15) is 36.1 Å². The summed E-state index contributed by atoms with van der Waals surface area (Å²) in [5.41, 5.74) is 8.27. The van der Waals surface area contributed by atoms with E-state index in [1.807, 2.05) is 25.1 Å². The highest BCUT2D eigenvalue weighted by atomic mass is 32.1. The van der Waals surface area contributed by atoms with Gasteiger partial charge in [0.15, 0.2) is 0 Å². The van der Waals surface area contributed by atoms with Crippen LogP contribution in [-0.2, 0) is 11.2 Å². The Morgan fingerprint density at radius 1 is 1.24 bits per heavy atom. The van der Waals surface area contributed by atoms with E-state index < -0.39 is 0 Å². The van der Waals surface area contributed by atoms with E-state index in [0.717, 1.165) is 36.9 Å². The summed E-state index contributed by atoms with van der Waals surface area (Å²) in [4.78, 5) is 13.3. The summed E-state index contributed by atoms with van der Waals surface area (Å²) in [6, 6.07) is 9.83. The Kier molecular flexibility index (Phi) is 5.81. The number of carbonyl (C=O) groups excluding carboxylic acids is 1. The fraction of sp³-hybridized carbons (Fsp3) is 0.353. The third kappa shape index (κ3) is 5.23. The van der Waals surface area contributed by atoms with Crippen molar-refractivity contribution in [3.8, 4) is 0 Å². The van der Waals surface area contributed by atoms with Crippen molar-refractivity contribution < 1.29 is 4.79 Å². The van der Waals surface area contributed by atoms with Gasteiger partial charge in [-0.1, -0.05) is 18.6 Å². The number of aryl methyl sites for hydroxylation is 2. The van der Waals surface area contributed by atoms with Crippen LogP contribution in [0, 0.1) is 6.92 Å². The Balaban J connectivity index is 1.66. The average Bonchev–Trinajstić information content (AvgIpc) is 2.96. The van der Waals surface area contributed by atoms with Gasteiger partial charge in [-0.2, -0.15) is 0 Å². The fourth-order valence-corrected chi connectivity index (χ4v) is 2.95. The first-order chi connectivity index (χ1) is 10.1. The highest BCUT2D eigenvalue weighted by Crippen LogP contribution is 2.19. The topological polar surface area (TPSA) is 55.1 Å². The maximum absolute atomic E-state index is 11.9. The number of benzene rings is 1. The molecule has 0 aliphatic carbocycles.